The Kier molecular flexibility index (Phi) is 4.76. The Hall–Kier alpha value is -1.59. The van der Waals surface area contributed by atoms with Crippen molar-refractivity contribution in [3.63, 3.8) is 0 Å². The Balaban J connectivity index is 1.82. The monoisotopic (exact) mass is 264 g/mol. The lowest BCUT2D eigenvalue weighted by molar-refractivity contribution is 0.324. The molecular formula is C13H24N6. The van der Waals surface area contributed by atoms with Crippen molar-refractivity contribution < 1.29 is 0 Å². The highest BCUT2D eigenvalue weighted by Gasteiger charge is 2.19. The van der Waals surface area contributed by atoms with Crippen LogP contribution < -0.4 is 10.6 Å². The third-order valence-electron chi connectivity index (χ3n) is 3.72. The van der Waals surface area contributed by atoms with E-state index in [2.05, 4.69) is 32.6 Å². The van der Waals surface area contributed by atoms with Gasteiger partial charge in [0.1, 0.15) is 12.2 Å². The van der Waals surface area contributed by atoms with Gasteiger partial charge in [0.15, 0.2) is 5.96 Å². The molecule has 19 heavy (non-hydrogen) atoms. The molecule has 1 aliphatic rings. The highest BCUT2D eigenvalue weighted by atomic mass is 15.3. The maximum absolute atomic E-state index is 4.27. The van der Waals surface area contributed by atoms with E-state index in [4.69, 9.17) is 0 Å². The van der Waals surface area contributed by atoms with Gasteiger partial charge in [-0.25, -0.2) is 4.98 Å². The molecule has 0 aliphatic heterocycles. The second-order valence-electron chi connectivity index (χ2n) is 5.34. The summed E-state index contributed by atoms with van der Waals surface area (Å²) in [5, 5.41) is 10.8. The number of aromatic nitrogens is 3. The average molecular weight is 264 g/mol. The minimum absolute atomic E-state index is 0.537. The largest absolute Gasteiger partial charge is 0.354 e. The third-order valence-corrected chi connectivity index (χ3v) is 3.72. The Labute approximate surface area is 114 Å². The van der Waals surface area contributed by atoms with Crippen LogP contribution >= 0.6 is 0 Å². The molecule has 0 spiro atoms. The SMILES string of the molecule is CN=C(NCc1ncnn1C)NC1CCCC(C)C1. The number of nitrogens with zero attached hydrogens (tertiary/aromatic N) is 4. The second kappa shape index (κ2) is 6.54. The average Bonchev–Trinajstić information content (AvgIpc) is 2.80. The lowest BCUT2D eigenvalue weighted by atomic mass is 9.87. The molecule has 1 aliphatic carbocycles. The third kappa shape index (κ3) is 3.94. The van der Waals surface area contributed by atoms with Crippen LogP contribution in [0.1, 0.15) is 38.4 Å². The predicted molar refractivity (Wildman–Crippen MR) is 75.8 cm³/mol. The zero-order valence-electron chi connectivity index (χ0n) is 12.1. The van der Waals surface area contributed by atoms with Crippen molar-refractivity contribution in [2.45, 2.75) is 45.2 Å². The standard InChI is InChI=1S/C13H24N6/c1-10-5-4-6-11(7-10)18-13(14-2)15-8-12-16-9-17-19(12)3/h9-11H,4-8H2,1-3H3,(H2,14,15,18). The zero-order chi connectivity index (χ0) is 13.7. The molecule has 1 aromatic rings. The van der Waals surface area contributed by atoms with Crippen LogP contribution in [-0.2, 0) is 13.6 Å². The molecule has 106 valence electrons. The van der Waals surface area contributed by atoms with Gasteiger partial charge in [0.05, 0.1) is 6.54 Å². The highest BCUT2D eigenvalue weighted by Crippen LogP contribution is 2.23. The van der Waals surface area contributed by atoms with E-state index in [1.54, 1.807) is 18.1 Å². The summed E-state index contributed by atoms with van der Waals surface area (Å²) in [7, 11) is 3.70. The quantitative estimate of drug-likeness (QED) is 0.633. The number of aliphatic imine (C=N–C) groups is 1. The van der Waals surface area contributed by atoms with Crippen LogP contribution in [0, 0.1) is 5.92 Å². The Bertz CT molecular complexity index is 425. The van der Waals surface area contributed by atoms with E-state index in [1.165, 1.54) is 25.7 Å². The molecule has 2 atom stereocenters. The molecule has 2 rings (SSSR count). The van der Waals surface area contributed by atoms with E-state index in [9.17, 15) is 0 Å². The minimum Gasteiger partial charge on any atom is -0.354 e. The molecule has 6 nitrogen and oxygen atoms in total. The summed E-state index contributed by atoms with van der Waals surface area (Å²) in [6.07, 6.45) is 6.68. The number of hydrogen-bond donors (Lipinski definition) is 2. The maximum atomic E-state index is 4.27. The van der Waals surface area contributed by atoms with Crippen molar-refractivity contribution in [2.75, 3.05) is 7.05 Å². The van der Waals surface area contributed by atoms with Crippen LogP contribution in [0.15, 0.2) is 11.3 Å². The van der Waals surface area contributed by atoms with Gasteiger partial charge in [0, 0.05) is 20.1 Å². The second-order valence-corrected chi connectivity index (χ2v) is 5.34. The smallest absolute Gasteiger partial charge is 0.191 e. The number of rotatable bonds is 3. The molecule has 2 unspecified atom stereocenters. The van der Waals surface area contributed by atoms with Crippen LogP contribution in [-0.4, -0.2) is 33.8 Å². The van der Waals surface area contributed by atoms with E-state index in [-0.39, 0.29) is 0 Å². The van der Waals surface area contributed by atoms with Crippen molar-refractivity contribution in [3.8, 4) is 0 Å². The Morgan fingerprint density at radius 1 is 1.53 bits per heavy atom. The maximum Gasteiger partial charge on any atom is 0.191 e. The molecule has 2 N–H and O–H groups in total. The van der Waals surface area contributed by atoms with Crippen LogP contribution in [0.25, 0.3) is 0 Å². The van der Waals surface area contributed by atoms with Gasteiger partial charge in [-0.15, -0.1) is 0 Å². The first-order valence-electron chi connectivity index (χ1n) is 6.99. The number of nitrogens with one attached hydrogen (secondary N) is 2. The zero-order valence-corrected chi connectivity index (χ0v) is 12.1. The fraction of sp³-hybridized carbons (Fsp3) is 0.769. The molecule has 1 fully saturated rings. The lowest BCUT2D eigenvalue weighted by Gasteiger charge is -2.28. The van der Waals surface area contributed by atoms with Gasteiger partial charge in [-0.1, -0.05) is 19.8 Å². The minimum atomic E-state index is 0.537. The number of hydrogen-bond acceptors (Lipinski definition) is 3. The Morgan fingerprint density at radius 2 is 2.37 bits per heavy atom. The molecule has 0 bridgehead atoms. The topological polar surface area (TPSA) is 67.1 Å². The van der Waals surface area contributed by atoms with Crippen molar-refractivity contribution in [1.82, 2.24) is 25.4 Å². The predicted octanol–water partition coefficient (Wildman–Crippen LogP) is 1.06. The van der Waals surface area contributed by atoms with Crippen LogP contribution in [0.3, 0.4) is 0 Å². The van der Waals surface area contributed by atoms with Gasteiger partial charge in [0.2, 0.25) is 0 Å². The van der Waals surface area contributed by atoms with E-state index in [0.29, 0.717) is 12.6 Å². The number of guanidine groups is 1. The molecule has 1 aromatic heterocycles. The van der Waals surface area contributed by atoms with E-state index in [0.717, 1.165) is 17.7 Å². The number of aryl methyl sites for hydroxylation is 1. The molecule has 0 aromatic carbocycles. The molecule has 0 radical (unpaired) electrons. The summed E-state index contributed by atoms with van der Waals surface area (Å²) >= 11 is 0. The van der Waals surface area contributed by atoms with Gasteiger partial charge >= 0.3 is 0 Å². The molecule has 0 amide bonds. The van der Waals surface area contributed by atoms with E-state index >= 15 is 0 Å². The first-order valence-corrected chi connectivity index (χ1v) is 6.99. The summed E-state index contributed by atoms with van der Waals surface area (Å²) in [4.78, 5) is 8.46. The van der Waals surface area contributed by atoms with Crippen LogP contribution in [0.2, 0.25) is 0 Å². The van der Waals surface area contributed by atoms with Crippen LogP contribution in [0.5, 0.6) is 0 Å². The summed E-state index contributed by atoms with van der Waals surface area (Å²) in [5.74, 6) is 2.56. The normalized spacial score (nSPS) is 24.3. The fourth-order valence-electron chi connectivity index (χ4n) is 2.60. The first-order chi connectivity index (χ1) is 9.19. The van der Waals surface area contributed by atoms with E-state index in [1.807, 2.05) is 7.05 Å². The summed E-state index contributed by atoms with van der Waals surface area (Å²) in [5.41, 5.74) is 0. The molecule has 1 saturated carbocycles. The van der Waals surface area contributed by atoms with Crippen molar-refractivity contribution >= 4 is 5.96 Å². The van der Waals surface area contributed by atoms with Crippen molar-refractivity contribution in [2.24, 2.45) is 18.0 Å². The van der Waals surface area contributed by atoms with Crippen molar-refractivity contribution in [3.05, 3.63) is 12.2 Å². The fourth-order valence-corrected chi connectivity index (χ4v) is 2.60. The Morgan fingerprint density at radius 3 is 3.00 bits per heavy atom. The van der Waals surface area contributed by atoms with Gasteiger partial charge in [0.25, 0.3) is 0 Å². The highest BCUT2D eigenvalue weighted by molar-refractivity contribution is 5.79. The molecular weight excluding hydrogens is 240 g/mol. The first kappa shape index (κ1) is 13.8. The van der Waals surface area contributed by atoms with E-state index < -0.39 is 0 Å². The summed E-state index contributed by atoms with van der Waals surface area (Å²) in [6.45, 7) is 2.96. The molecule has 1 heterocycles. The summed E-state index contributed by atoms with van der Waals surface area (Å²) < 4.78 is 1.77. The van der Waals surface area contributed by atoms with Gasteiger partial charge < -0.3 is 10.6 Å². The summed E-state index contributed by atoms with van der Waals surface area (Å²) in [6, 6.07) is 0.537. The molecule has 6 heteroatoms. The van der Waals surface area contributed by atoms with Crippen LogP contribution in [0.4, 0.5) is 0 Å². The van der Waals surface area contributed by atoms with Gasteiger partial charge in [-0.3, -0.25) is 9.67 Å². The van der Waals surface area contributed by atoms with Crippen molar-refractivity contribution in [1.29, 1.82) is 0 Å². The lowest BCUT2D eigenvalue weighted by Crippen LogP contribution is -2.45. The van der Waals surface area contributed by atoms with Gasteiger partial charge in [-0.05, 0) is 18.8 Å². The molecule has 0 saturated heterocycles. The van der Waals surface area contributed by atoms with Gasteiger partial charge in [-0.2, -0.15) is 5.10 Å².